The van der Waals surface area contributed by atoms with E-state index < -0.39 is 17.7 Å². The summed E-state index contributed by atoms with van der Waals surface area (Å²) in [7, 11) is 0. The first-order chi connectivity index (χ1) is 15.9. The molecule has 7 heteroatoms. The summed E-state index contributed by atoms with van der Waals surface area (Å²) in [4.78, 5) is 31.8. The number of aliphatic hydroxyl groups excluding tert-OH is 1. The van der Waals surface area contributed by atoms with Crippen molar-refractivity contribution in [1.82, 2.24) is 4.98 Å². The highest BCUT2D eigenvalue weighted by Gasteiger charge is 2.47. The number of ketones is 1. The molecule has 170 valence electrons. The summed E-state index contributed by atoms with van der Waals surface area (Å²) in [5.74, 6) is -0.623. The number of hydrogen-bond acceptors (Lipinski definition) is 6. The van der Waals surface area contributed by atoms with Gasteiger partial charge in [-0.3, -0.25) is 14.5 Å². The number of carbonyl (C=O) groups is 2. The average Bonchev–Trinajstić information content (AvgIpc) is 3.44. The van der Waals surface area contributed by atoms with Gasteiger partial charge in [-0.1, -0.05) is 45.0 Å². The molecule has 3 aromatic rings. The molecule has 33 heavy (non-hydrogen) atoms. The van der Waals surface area contributed by atoms with Crippen LogP contribution in [0.25, 0.3) is 5.76 Å². The van der Waals surface area contributed by atoms with Crippen molar-refractivity contribution in [1.29, 1.82) is 0 Å². The zero-order valence-electron chi connectivity index (χ0n) is 18.8. The van der Waals surface area contributed by atoms with Gasteiger partial charge in [-0.05, 0) is 47.7 Å². The Bertz CT molecular complexity index is 1170. The Labute approximate surface area is 197 Å². The molecule has 0 aliphatic carbocycles. The van der Waals surface area contributed by atoms with Crippen LogP contribution in [0.15, 0.2) is 65.7 Å². The Morgan fingerprint density at radius 3 is 2.39 bits per heavy atom. The zero-order chi connectivity index (χ0) is 23.5. The molecule has 0 spiro atoms. The van der Waals surface area contributed by atoms with Crippen LogP contribution in [0.5, 0.6) is 5.75 Å². The Morgan fingerprint density at radius 2 is 1.82 bits per heavy atom. The van der Waals surface area contributed by atoms with E-state index in [-0.39, 0.29) is 11.3 Å². The van der Waals surface area contributed by atoms with Gasteiger partial charge in [0, 0.05) is 17.1 Å². The first kappa shape index (κ1) is 22.7. The van der Waals surface area contributed by atoms with Gasteiger partial charge in [-0.2, -0.15) is 0 Å². The maximum Gasteiger partial charge on any atom is 0.301 e. The molecule has 6 nitrogen and oxygen atoms in total. The molecule has 1 aliphatic heterocycles. The highest BCUT2D eigenvalue weighted by molar-refractivity contribution is 7.14. The smallest absolute Gasteiger partial charge is 0.301 e. The van der Waals surface area contributed by atoms with Gasteiger partial charge in [-0.15, -0.1) is 11.3 Å². The minimum absolute atomic E-state index is 0.0507. The molecule has 1 aromatic heterocycles. The molecule has 1 aliphatic rings. The van der Waals surface area contributed by atoms with Crippen molar-refractivity contribution >= 4 is 33.9 Å². The summed E-state index contributed by atoms with van der Waals surface area (Å²) in [5, 5.41) is 13.4. The normalized spacial score (nSPS) is 17.7. The molecule has 0 bridgehead atoms. The summed E-state index contributed by atoms with van der Waals surface area (Å²) in [5.41, 5.74) is 2.38. The number of nitrogens with zero attached hydrogens (tertiary/aromatic N) is 2. The lowest BCUT2D eigenvalue weighted by molar-refractivity contribution is -0.132. The van der Waals surface area contributed by atoms with Crippen LogP contribution >= 0.6 is 11.3 Å². The Kier molecular flexibility index (Phi) is 6.60. The number of rotatable bonds is 7. The molecule has 0 radical (unpaired) electrons. The maximum absolute atomic E-state index is 13.1. The molecular formula is C26H26N2O4S. The molecule has 2 heterocycles. The number of hydrogen-bond donors (Lipinski definition) is 1. The fourth-order valence-corrected chi connectivity index (χ4v) is 4.49. The van der Waals surface area contributed by atoms with Crippen molar-refractivity contribution in [3.8, 4) is 5.75 Å². The first-order valence-corrected chi connectivity index (χ1v) is 11.8. The van der Waals surface area contributed by atoms with E-state index in [9.17, 15) is 14.7 Å². The fraction of sp³-hybridized carbons (Fsp3) is 0.269. The Balaban J connectivity index is 1.81. The van der Waals surface area contributed by atoms with E-state index in [4.69, 9.17) is 4.74 Å². The van der Waals surface area contributed by atoms with Crippen LogP contribution in [0.3, 0.4) is 0 Å². The van der Waals surface area contributed by atoms with Gasteiger partial charge in [-0.25, -0.2) is 4.98 Å². The Hall–Kier alpha value is -3.45. The summed E-state index contributed by atoms with van der Waals surface area (Å²) < 4.78 is 5.61. The monoisotopic (exact) mass is 462 g/mol. The standard InChI is InChI=1S/C26H26N2O4S/c1-4-14-32-20-11-9-19(10-12-20)23(29)21-22(18-7-5-17(6-8-18)16(2)3)28(25(31)24(21)30)26-27-13-15-33-26/h5-13,15-16,22,29H,4,14H2,1-3H3. The second kappa shape index (κ2) is 9.58. The molecule has 2 aromatic carbocycles. The highest BCUT2D eigenvalue weighted by atomic mass is 32.1. The topological polar surface area (TPSA) is 79.7 Å². The van der Waals surface area contributed by atoms with Gasteiger partial charge in [0.1, 0.15) is 11.5 Å². The number of aromatic nitrogens is 1. The maximum atomic E-state index is 13.1. The van der Waals surface area contributed by atoms with E-state index >= 15 is 0 Å². The van der Waals surface area contributed by atoms with Crippen LogP contribution in [-0.2, 0) is 9.59 Å². The van der Waals surface area contributed by atoms with E-state index in [2.05, 4.69) is 18.8 Å². The molecular weight excluding hydrogens is 436 g/mol. The molecule has 1 saturated heterocycles. The summed E-state index contributed by atoms with van der Waals surface area (Å²) in [6.07, 6.45) is 2.48. The number of Topliss-reactive ketones (excluding diaryl/α,β-unsaturated/α-hetero) is 1. The number of benzene rings is 2. The quantitative estimate of drug-likeness (QED) is 0.278. The van der Waals surface area contributed by atoms with E-state index in [0.29, 0.717) is 29.0 Å². The van der Waals surface area contributed by atoms with Crippen molar-refractivity contribution in [2.75, 3.05) is 11.5 Å². The summed E-state index contributed by atoms with van der Waals surface area (Å²) >= 11 is 1.27. The van der Waals surface area contributed by atoms with Crippen molar-refractivity contribution in [3.05, 3.63) is 82.4 Å². The number of amides is 1. The zero-order valence-corrected chi connectivity index (χ0v) is 19.6. The molecule has 1 N–H and O–H groups in total. The van der Waals surface area contributed by atoms with E-state index in [0.717, 1.165) is 17.5 Å². The summed E-state index contributed by atoms with van der Waals surface area (Å²) in [6, 6.07) is 13.9. The van der Waals surface area contributed by atoms with Crippen molar-refractivity contribution < 1.29 is 19.4 Å². The molecule has 4 rings (SSSR count). The van der Waals surface area contributed by atoms with Gasteiger partial charge in [0.2, 0.25) is 0 Å². The average molecular weight is 463 g/mol. The summed E-state index contributed by atoms with van der Waals surface area (Å²) in [6.45, 7) is 6.82. The van der Waals surface area contributed by atoms with Crippen molar-refractivity contribution in [3.63, 3.8) is 0 Å². The molecule has 1 fully saturated rings. The van der Waals surface area contributed by atoms with E-state index in [1.807, 2.05) is 31.2 Å². The predicted molar refractivity (Wildman–Crippen MR) is 130 cm³/mol. The molecule has 0 saturated carbocycles. The lowest BCUT2D eigenvalue weighted by Crippen LogP contribution is -2.29. The SMILES string of the molecule is CCCOc1ccc(C(O)=C2C(=O)C(=O)N(c3nccs3)C2c2ccc(C(C)C)cc2)cc1. The van der Waals surface area contributed by atoms with Crippen LogP contribution in [0.2, 0.25) is 0 Å². The molecule has 1 unspecified atom stereocenters. The van der Waals surface area contributed by atoms with Crippen LogP contribution in [0.1, 0.15) is 55.8 Å². The third-order valence-electron chi connectivity index (χ3n) is 5.59. The number of ether oxygens (including phenoxy) is 1. The van der Waals surface area contributed by atoms with Gasteiger partial charge in [0.25, 0.3) is 5.78 Å². The number of aliphatic hydroxyl groups is 1. The largest absolute Gasteiger partial charge is 0.507 e. The van der Waals surface area contributed by atoms with E-state index in [1.54, 1.807) is 35.8 Å². The lowest BCUT2D eigenvalue weighted by Gasteiger charge is -2.23. The third kappa shape index (κ3) is 4.41. The van der Waals surface area contributed by atoms with Crippen molar-refractivity contribution in [2.24, 2.45) is 0 Å². The minimum Gasteiger partial charge on any atom is -0.507 e. The van der Waals surface area contributed by atoms with Gasteiger partial charge in [0.05, 0.1) is 18.2 Å². The van der Waals surface area contributed by atoms with Crippen molar-refractivity contribution in [2.45, 2.75) is 39.2 Å². The minimum atomic E-state index is -0.770. The lowest BCUT2D eigenvalue weighted by atomic mass is 9.93. The Morgan fingerprint density at radius 1 is 1.12 bits per heavy atom. The van der Waals surface area contributed by atoms with Gasteiger partial charge < -0.3 is 9.84 Å². The first-order valence-electron chi connectivity index (χ1n) is 11.0. The van der Waals surface area contributed by atoms with Gasteiger partial charge in [0.15, 0.2) is 5.13 Å². The van der Waals surface area contributed by atoms with Crippen LogP contribution in [0.4, 0.5) is 5.13 Å². The van der Waals surface area contributed by atoms with Gasteiger partial charge >= 0.3 is 5.91 Å². The molecule has 1 amide bonds. The van der Waals surface area contributed by atoms with E-state index in [1.165, 1.54) is 16.2 Å². The van der Waals surface area contributed by atoms with Crippen LogP contribution in [0, 0.1) is 0 Å². The number of anilines is 1. The number of thiazole rings is 1. The second-order valence-electron chi connectivity index (χ2n) is 8.18. The highest BCUT2D eigenvalue weighted by Crippen LogP contribution is 2.43. The van der Waals surface area contributed by atoms with Crippen LogP contribution < -0.4 is 9.64 Å². The molecule has 1 atom stereocenters. The third-order valence-corrected chi connectivity index (χ3v) is 6.36. The fourth-order valence-electron chi connectivity index (χ4n) is 3.83. The number of carbonyl (C=O) groups excluding carboxylic acids is 2. The predicted octanol–water partition coefficient (Wildman–Crippen LogP) is 5.68. The van der Waals surface area contributed by atoms with Crippen LogP contribution in [-0.4, -0.2) is 28.4 Å². The second-order valence-corrected chi connectivity index (χ2v) is 9.05.